The van der Waals surface area contributed by atoms with E-state index >= 15 is 0 Å². The molecule has 0 heterocycles. The molecular formula is C37H39NP+. The smallest absolute Gasteiger partial charge is 0.116 e. The molecule has 0 aromatic heterocycles. The van der Waals surface area contributed by atoms with Crippen LogP contribution in [0.5, 0.6) is 0 Å². The first-order valence-corrected chi connectivity index (χ1v) is 15.9. The van der Waals surface area contributed by atoms with Crippen LogP contribution < -0.4 is 21.2 Å². The molecule has 0 unspecified atom stereocenters. The highest BCUT2D eigenvalue weighted by Crippen LogP contribution is 2.58. The van der Waals surface area contributed by atoms with Crippen molar-refractivity contribution < 1.29 is 0 Å². The zero-order valence-corrected chi connectivity index (χ0v) is 24.2. The lowest BCUT2D eigenvalue weighted by molar-refractivity contribution is 0.589. The molecule has 2 heteroatoms. The van der Waals surface area contributed by atoms with Gasteiger partial charge in [0, 0.05) is 13.1 Å². The summed E-state index contributed by atoms with van der Waals surface area (Å²) >= 11 is 0. The van der Waals surface area contributed by atoms with Gasteiger partial charge in [-0.3, -0.25) is 0 Å². The van der Waals surface area contributed by atoms with Crippen LogP contribution in [0, 0.1) is 0 Å². The Labute approximate surface area is 235 Å². The molecule has 5 aromatic rings. The minimum Gasteiger partial charge on any atom is -0.309 e. The predicted molar refractivity (Wildman–Crippen MR) is 171 cm³/mol. The van der Waals surface area contributed by atoms with Crippen LogP contribution in [0.2, 0.25) is 0 Å². The molecule has 0 aliphatic heterocycles. The van der Waals surface area contributed by atoms with Gasteiger partial charge in [-0.1, -0.05) is 124 Å². The van der Waals surface area contributed by atoms with Crippen LogP contribution in [0.3, 0.4) is 0 Å². The highest BCUT2D eigenvalue weighted by molar-refractivity contribution is 7.95. The van der Waals surface area contributed by atoms with E-state index in [1.54, 1.807) is 0 Å². The van der Waals surface area contributed by atoms with Gasteiger partial charge in [0.1, 0.15) is 23.2 Å². The molecule has 1 nitrogen and oxygen atoms in total. The molecule has 0 saturated heterocycles. The Morgan fingerprint density at radius 1 is 0.462 bits per heavy atom. The molecule has 0 bridgehead atoms. The highest BCUT2D eigenvalue weighted by atomic mass is 31.2. The molecule has 196 valence electrons. The monoisotopic (exact) mass is 528 g/mol. The van der Waals surface area contributed by atoms with Crippen LogP contribution in [0.25, 0.3) is 0 Å². The molecule has 0 radical (unpaired) electrons. The van der Waals surface area contributed by atoms with Crippen LogP contribution in [0.15, 0.2) is 140 Å². The first-order valence-electron chi connectivity index (χ1n) is 13.9. The predicted octanol–water partition coefficient (Wildman–Crippen LogP) is 7.77. The van der Waals surface area contributed by atoms with Gasteiger partial charge in [0.2, 0.25) is 0 Å². The van der Waals surface area contributed by atoms with Crippen molar-refractivity contribution in [3.63, 3.8) is 0 Å². The average molecular weight is 529 g/mol. The second-order valence-corrected chi connectivity index (χ2v) is 14.8. The number of benzene rings is 5. The van der Waals surface area contributed by atoms with E-state index < -0.39 is 7.26 Å². The molecule has 0 aliphatic carbocycles. The summed E-state index contributed by atoms with van der Waals surface area (Å²) in [6, 6.07) is 51.6. The van der Waals surface area contributed by atoms with Crippen LogP contribution in [-0.2, 0) is 24.7 Å². The number of nitrogens with one attached hydrogen (secondary N) is 1. The fraction of sp³-hybridized carbons (Fsp3) is 0.189. The van der Waals surface area contributed by atoms with Gasteiger partial charge in [-0.25, -0.2) is 0 Å². The van der Waals surface area contributed by atoms with Crippen LogP contribution in [0.1, 0.15) is 43.0 Å². The Kier molecular flexibility index (Phi) is 8.41. The van der Waals surface area contributed by atoms with Crippen molar-refractivity contribution in [3.05, 3.63) is 162 Å². The molecule has 1 N–H and O–H groups in total. The minimum absolute atomic E-state index is 0.190. The lowest BCUT2D eigenvalue weighted by Gasteiger charge is -2.28. The maximum atomic E-state index is 3.63. The average Bonchev–Trinajstić information content (AvgIpc) is 2.98. The highest BCUT2D eigenvalue weighted by Gasteiger charge is 2.45. The molecular weight excluding hydrogens is 489 g/mol. The Balaban J connectivity index is 1.36. The van der Waals surface area contributed by atoms with E-state index in [4.69, 9.17) is 0 Å². The summed E-state index contributed by atoms with van der Waals surface area (Å²) in [7, 11) is -1.88. The number of hydrogen-bond donors (Lipinski definition) is 1. The first-order chi connectivity index (χ1) is 18.9. The topological polar surface area (TPSA) is 12.0 Å². The summed E-state index contributed by atoms with van der Waals surface area (Å²) in [6.07, 6.45) is 0.999. The summed E-state index contributed by atoms with van der Waals surface area (Å²) in [5, 5.41) is 7.89. The summed E-state index contributed by atoms with van der Waals surface area (Å²) < 4.78 is 0. The van der Waals surface area contributed by atoms with E-state index in [0.717, 1.165) is 19.3 Å². The fourth-order valence-corrected chi connectivity index (χ4v) is 9.52. The van der Waals surface area contributed by atoms with Crippen LogP contribution >= 0.6 is 7.26 Å². The Bertz CT molecular complexity index is 1340. The number of rotatable bonds is 9. The number of hydrogen-bond acceptors (Lipinski definition) is 1. The van der Waals surface area contributed by atoms with E-state index in [-0.39, 0.29) is 5.41 Å². The summed E-state index contributed by atoms with van der Waals surface area (Å²) in [5.74, 6) is 0. The third kappa shape index (κ3) is 6.39. The van der Waals surface area contributed by atoms with Crippen molar-refractivity contribution in [1.82, 2.24) is 5.32 Å². The van der Waals surface area contributed by atoms with Crippen molar-refractivity contribution in [2.24, 2.45) is 0 Å². The van der Waals surface area contributed by atoms with Gasteiger partial charge in [0.05, 0.1) is 6.16 Å². The van der Waals surface area contributed by atoms with Crippen LogP contribution in [-0.4, -0.2) is 0 Å². The van der Waals surface area contributed by atoms with Crippen molar-refractivity contribution in [2.75, 3.05) is 0 Å². The zero-order valence-electron chi connectivity index (χ0n) is 23.3. The molecule has 0 saturated carbocycles. The quantitative estimate of drug-likeness (QED) is 0.193. The van der Waals surface area contributed by atoms with Crippen molar-refractivity contribution in [1.29, 1.82) is 0 Å². The fourth-order valence-electron chi connectivity index (χ4n) is 5.28. The normalized spacial score (nSPS) is 11.9. The molecule has 5 rings (SSSR count). The van der Waals surface area contributed by atoms with Crippen LogP contribution in [0.4, 0.5) is 0 Å². The van der Waals surface area contributed by atoms with Gasteiger partial charge in [-0.15, -0.1) is 0 Å². The van der Waals surface area contributed by atoms with E-state index in [0.29, 0.717) is 0 Å². The molecule has 0 fully saturated rings. The summed E-state index contributed by atoms with van der Waals surface area (Å²) in [4.78, 5) is 0. The van der Waals surface area contributed by atoms with E-state index in [1.807, 2.05) is 0 Å². The third-order valence-electron chi connectivity index (χ3n) is 7.51. The van der Waals surface area contributed by atoms with E-state index in [1.165, 1.54) is 38.2 Å². The Morgan fingerprint density at radius 3 is 1.21 bits per heavy atom. The summed E-state index contributed by atoms with van der Waals surface area (Å²) in [5.41, 5.74) is 5.58. The lowest BCUT2D eigenvalue weighted by atomic mass is 9.87. The summed E-state index contributed by atoms with van der Waals surface area (Å²) in [6.45, 7) is 8.51. The molecule has 0 atom stereocenters. The van der Waals surface area contributed by atoms with Gasteiger partial charge >= 0.3 is 0 Å². The molecule has 0 spiro atoms. The molecule has 0 amide bonds. The Hall–Kier alpha value is -3.51. The SMILES string of the molecule is CC(C)(C)c1ccc(CNCc2ccc(C[P+](c3ccccc3)(c3ccccc3)c3ccccc3)cc2)cc1. The van der Waals surface area contributed by atoms with Crippen molar-refractivity contribution in [3.8, 4) is 0 Å². The van der Waals surface area contributed by atoms with Gasteiger partial charge in [0.15, 0.2) is 0 Å². The minimum atomic E-state index is -1.88. The zero-order chi connectivity index (χ0) is 27.1. The van der Waals surface area contributed by atoms with Gasteiger partial charge < -0.3 is 5.32 Å². The van der Waals surface area contributed by atoms with E-state index in [9.17, 15) is 0 Å². The van der Waals surface area contributed by atoms with Gasteiger partial charge in [0.25, 0.3) is 0 Å². The Morgan fingerprint density at radius 2 is 0.821 bits per heavy atom. The van der Waals surface area contributed by atoms with E-state index in [2.05, 4.69) is 166 Å². The van der Waals surface area contributed by atoms with Crippen molar-refractivity contribution >= 4 is 23.2 Å². The standard InChI is InChI=1S/C37H39NP/c1-37(2,3)33-25-23-31(24-26-33)28-38-27-30-19-21-32(22-20-30)29-39(34-13-7-4-8-14-34,35-15-9-5-10-16-35)36-17-11-6-12-18-36/h4-26,38H,27-29H2,1-3H3/q+1. The molecule has 39 heavy (non-hydrogen) atoms. The molecule has 5 aromatic carbocycles. The largest absolute Gasteiger partial charge is 0.309 e. The lowest BCUT2D eigenvalue weighted by Crippen LogP contribution is -2.32. The maximum absolute atomic E-state index is 3.63. The van der Waals surface area contributed by atoms with Crippen molar-refractivity contribution in [2.45, 2.75) is 45.4 Å². The first kappa shape index (κ1) is 27.1. The molecule has 0 aliphatic rings. The third-order valence-corrected chi connectivity index (χ3v) is 11.9. The van der Waals surface area contributed by atoms with Gasteiger partial charge in [-0.05, 0) is 64.1 Å². The second kappa shape index (κ2) is 12.1. The maximum Gasteiger partial charge on any atom is 0.116 e. The van der Waals surface area contributed by atoms with Gasteiger partial charge in [-0.2, -0.15) is 0 Å². The second-order valence-electron chi connectivity index (χ2n) is 11.3.